The molecule has 0 spiro atoms. The van der Waals surface area contributed by atoms with Gasteiger partial charge in [-0.2, -0.15) is 0 Å². The number of methoxy groups -OCH3 is 1. The van der Waals surface area contributed by atoms with Crippen molar-refractivity contribution in [2.24, 2.45) is 0 Å². The zero-order valence-corrected chi connectivity index (χ0v) is 14.7. The largest absolute Gasteiger partial charge is 0.494 e. The van der Waals surface area contributed by atoms with E-state index in [0.29, 0.717) is 31.1 Å². The van der Waals surface area contributed by atoms with Gasteiger partial charge in [-0.25, -0.2) is 4.39 Å². The van der Waals surface area contributed by atoms with Crippen LogP contribution >= 0.6 is 11.6 Å². The second-order valence-corrected chi connectivity index (χ2v) is 6.52. The SMILES string of the molecule is COc1cc(CN[C@@H]2CC(=O)N(Cc3ccccc3Cl)C2)ccc1F. The van der Waals surface area contributed by atoms with Crippen LogP contribution in [0.25, 0.3) is 0 Å². The van der Waals surface area contributed by atoms with Crippen LogP contribution in [0.4, 0.5) is 4.39 Å². The van der Waals surface area contributed by atoms with Crippen LogP contribution in [0.3, 0.4) is 0 Å². The van der Waals surface area contributed by atoms with Gasteiger partial charge in [0.2, 0.25) is 5.91 Å². The lowest BCUT2D eigenvalue weighted by atomic mass is 10.2. The monoisotopic (exact) mass is 362 g/mol. The van der Waals surface area contributed by atoms with E-state index in [1.54, 1.807) is 12.1 Å². The number of hydrogen-bond donors (Lipinski definition) is 1. The summed E-state index contributed by atoms with van der Waals surface area (Å²) in [7, 11) is 1.44. The first-order chi connectivity index (χ1) is 12.1. The fraction of sp³-hybridized carbons (Fsp3) is 0.316. The van der Waals surface area contributed by atoms with Gasteiger partial charge in [-0.15, -0.1) is 0 Å². The maximum atomic E-state index is 13.4. The van der Waals surface area contributed by atoms with Gasteiger partial charge in [-0.3, -0.25) is 4.79 Å². The Hall–Kier alpha value is -2.11. The molecule has 0 unspecified atom stereocenters. The van der Waals surface area contributed by atoms with Gasteiger partial charge in [0.05, 0.1) is 7.11 Å². The van der Waals surface area contributed by atoms with Gasteiger partial charge >= 0.3 is 0 Å². The molecule has 6 heteroatoms. The van der Waals surface area contributed by atoms with Crippen molar-refractivity contribution in [1.29, 1.82) is 0 Å². The van der Waals surface area contributed by atoms with E-state index in [2.05, 4.69) is 5.32 Å². The molecule has 1 amide bonds. The predicted molar refractivity (Wildman–Crippen MR) is 95.1 cm³/mol. The molecule has 1 N–H and O–H groups in total. The molecule has 1 aliphatic heterocycles. The number of carbonyl (C=O) groups excluding carboxylic acids is 1. The fourth-order valence-electron chi connectivity index (χ4n) is 2.97. The third-order valence-corrected chi connectivity index (χ3v) is 4.71. The van der Waals surface area contributed by atoms with Crippen molar-refractivity contribution in [3.05, 3.63) is 64.4 Å². The Labute approximate surface area is 151 Å². The molecule has 1 atom stereocenters. The molecular formula is C19H20ClFN2O2. The number of ether oxygens (including phenoxy) is 1. The van der Waals surface area contributed by atoms with Crippen molar-refractivity contribution in [1.82, 2.24) is 10.2 Å². The Balaban J connectivity index is 1.57. The van der Waals surface area contributed by atoms with E-state index in [0.717, 1.165) is 11.1 Å². The van der Waals surface area contributed by atoms with Gasteiger partial charge < -0.3 is 15.0 Å². The smallest absolute Gasteiger partial charge is 0.224 e. The van der Waals surface area contributed by atoms with Crippen LogP contribution in [-0.4, -0.2) is 30.5 Å². The minimum absolute atomic E-state index is 0.0611. The zero-order chi connectivity index (χ0) is 17.8. The van der Waals surface area contributed by atoms with Crippen molar-refractivity contribution in [3.8, 4) is 5.75 Å². The van der Waals surface area contributed by atoms with Crippen LogP contribution in [-0.2, 0) is 17.9 Å². The highest BCUT2D eigenvalue weighted by Crippen LogP contribution is 2.22. The number of benzene rings is 2. The number of carbonyl (C=O) groups is 1. The summed E-state index contributed by atoms with van der Waals surface area (Å²) in [5.74, 6) is -0.0514. The number of nitrogens with zero attached hydrogens (tertiary/aromatic N) is 1. The number of amides is 1. The third kappa shape index (κ3) is 4.30. The first-order valence-corrected chi connectivity index (χ1v) is 8.51. The molecule has 0 aromatic heterocycles. The van der Waals surface area contributed by atoms with E-state index in [4.69, 9.17) is 16.3 Å². The van der Waals surface area contributed by atoms with E-state index in [1.807, 2.05) is 29.2 Å². The normalized spacial score (nSPS) is 17.2. The quantitative estimate of drug-likeness (QED) is 0.856. The Bertz CT molecular complexity index is 769. The molecule has 0 bridgehead atoms. The highest BCUT2D eigenvalue weighted by Gasteiger charge is 2.29. The summed E-state index contributed by atoms with van der Waals surface area (Å²) in [4.78, 5) is 14.0. The van der Waals surface area contributed by atoms with Gasteiger partial charge in [0, 0.05) is 37.1 Å². The highest BCUT2D eigenvalue weighted by atomic mass is 35.5. The molecule has 1 saturated heterocycles. The second kappa shape index (κ2) is 7.85. The van der Waals surface area contributed by atoms with Crippen LogP contribution in [0.5, 0.6) is 5.75 Å². The lowest BCUT2D eigenvalue weighted by Gasteiger charge is -2.18. The predicted octanol–water partition coefficient (Wildman–Crippen LogP) is 3.38. The summed E-state index contributed by atoms with van der Waals surface area (Å²) in [6.45, 7) is 1.69. The molecule has 1 heterocycles. The molecule has 25 heavy (non-hydrogen) atoms. The Morgan fingerprint density at radius 2 is 2.12 bits per heavy atom. The maximum Gasteiger partial charge on any atom is 0.224 e. The molecule has 4 nitrogen and oxygen atoms in total. The Morgan fingerprint density at radius 1 is 1.32 bits per heavy atom. The Morgan fingerprint density at radius 3 is 2.88 bits per heavy atom. The lowest BCUT2D eigenvalue weighted by Crippen LogP contribution is -2.32. The summed E-state index contributed by atoms with van der Waals surface area (Å²) in [5, 5.41) is 4.03. The van der Waals surface area contributed by atoms with E-state index in [1.165, 1.54) is 13.2 Å². The summed E-state index contributed by atoms with van der Waals surface area (Å²) in [6, 6.07) is 12.4. The number of nitrogens with one attached hydrogen (secondary N) is 1. The molecule has 0 aliphatic carbocycles. The van der Waals surface area contributed by atoms with Gasteiger partial charge in [0.25, 0.3) is 0 Å². The van der Waals surface area contributed by atoms with Gasteiger partial charge in [-0.05, 0) is 29.3 Å². The van der Waals surface area contributed by atoms with E-state index in [9.17, 15) is 9.18 Å². The maximum absolute atomic E-state index is 13.4. The molecular weight excluding hydrogens is 343 g/mol. The summed E-state index contributed by atoms with van der Waals surface area (Å²) < 4.78 is 18.4. The summed E-state index contributed by atoms with van der Waals surface area (Å²) in [5.41, 5.74) is 1.86. The van der Waals surface area contributed by atoms with Crippen LogP contribution in [0.2, 0.25) is 5.02 Å². The molecule has 3 rings (SSSR count). The molecule has 1 aliphatic rings. The van der Waals surface area contributed by atoms with E-state index in [-0.39, 0.29) is 23.5 Å². The highest BCUT2D eigenvalue weighted by molar-refractivity contribution is 6.31. The third-order valence-electron chi connectivity index (χ3n) is 4.34. The lowest BCUT2D eigenvalue weighted by molar-refractivity contribution is -0.128. The fourth-order valence-corrected chi connectivity index (χ4v) is 3.17. The first kappa shape index (κ1) is 17.7. The zero-order valence-electron chi connectivity index (χ0n) is 14.0. The van der Waals surface area contributed by atoms with Crippen LogP contribution in [0.1, 0.15) is 17.5 Å². The van der Waals surface area contributed by atoms with Crippen molar-refractivity contribution in [2.75, 3.05) is 13.7 Å². The van der Waals surface area contributed by atoms with Gasteiger partial charge in [-0.1, -0.05) is 35.9 Å². The molecule has 132 valence electrons. The topological polar surface area (TPSA) is 41.6 Å². The number of halogens is 2. The van der Waals surface area contributed by atoms with Crippen LogP contribution in [0, 0.1) is 5.82 Å². The first-order valence-electron chi connectivity index (χ1n) is 8.14. The minimum Gasteiger partial charge on any atom is -0.494 e. The molecule has 0 saturated carbocycles. The van der Waals surface area contributed by atoms with E-state index < -0.39 is 0 Å². The number of rotatable bonds is 6. The van der Waals surface area contributed by atoms with Gasteiger partial charge in [0.1, 0.15) is 0 Å². The van der Waals surface area contributed by atoms with Crippen molar-refractivity contribution in [3.63, 3.8) is 0 Å². The van der Waals surface area contributed by atoms with Crippen molar-refractivity contribution in [2.45, 2.75) is 25.6 Å². The average molecular weight is 363 g/mol. The molecule has 1 fully saturated rings. The number of hydrogen-bond acceptors (Lipinski definition) is 3. The molecule has 2 aromatic rings. The van der Waals surface area contributed by atoms with Crippen molar-refractivity contribution < 1.29 is 13.9 Å². The van der Waals surface area contributed by atoms with Crippen molar-refractivity contribution >= 4 is 17.5 Å². The number of likely N-dealkylation sites (tertiary alicyclic amines) is 1. The van der Waals surface area contributed by atoms with Crippen LogP contribution in [0.15, 0.2) is 42.5 Å². The minimum atomic E-state index is -0.381. The summed E-state index contributed by atoms with van der Waals surface area (Å²) >= 11 is 6.17. The van der Waals surface area contributed by atoms with Gasteiger partial charge in [0.15, 0.2) is 11.6 Å². The molecule has 0 radical (unpaired) electrons. The van der Waals surface area contributed by atoms with E-state index >= 15 is 0 Å². The standard InChI is InChI=1S/C19H20ClFN2O2/c1-25-18-8-13(6-7-17(18)21)10-22-15-9-19(24)23(12-15)11-14-4-2-3-5-16(14)20/h2-8,15,22H,9-12H2,1H3/t15-/m1/s1. The Kier molecular flexibility index (Phi) is 5.56. The molecule has 2 aromatic carbocycles. The van der Waals surface area contributed by atoms with Crippen LogP contribution < -0.4 is 10.1 Å². The second-order valence-electron chi connectivity index (χ2n) is 6.12. The average Bonchev–Trinajstić information content (AvgIpc) is 2.96. The summed E-state index contributed by atoms with van der Waals surface area (Å²) in [6.07, 6.45) is 0.447.